The molecule has 0 spiro atoms. The second kappa shape index (κ2) is 10.2. The highest BCUT2D eigenvalue weighted by atomic mass is 16.6. The van der Waals surface area contributed by atoms with Crippen LogP contribution < -0.4 is 4.74 Å². The van der Waals surface area contributed by atoms with Gasteiger partial charge in [0.15, 0.2) is 0 Å². The van der Waals surface area contributed by atoms with Gasteiger partial charge in [0.05, 0.1) is 25.8 Å². The lowest BCUT2D eigenvalue weighted by Crippen LogP contribution is -2.50. The number of hydrogen-bond donors (Lipinski definition) is 0. The van der Waals surface area contributed by atoms with Crippen LogP contribution in [0.15, 0.2) is 60.8 Å². The van der Waals surface area contributed by atoms with Gasteiger partial charge in [-0.25, -0.2) is 4.79 Å². The lowest BCUT2D eigenvalue weighted by atomic mass is 10.1. The van der Waals surface area contributed by atoms with Crippen molar-refractivity contribution in [2.45, 2.75) is 13.5 Å². The number of hydrogen-bond acceptors (Lipinski definition) is 5. The fourth-order valence-electron chi connectivity index (χ4n) is 3.87. The first-order chi connectivity index (χ1) is 16.1. The Hall–Kier alpha value is -3.81. The summed E-state index contributed by atoms with van der Waals surface area (Å²) in [5.41, 5.74) is 3.12. The number of amides is 2. The summed E-state index contributed by atoms with van der Waals surface area (Å²) in [6, 6.07) is 17.5. The van der Waals surface area contributed by atoms with Gasteiger partial charge in [-0.2, -0.15) is 5.10 Å². The summed E-state index contributed by atoms with van der Waals surface area (Å²) in [5, 5.41) is 4.76. The summed E-state index contributed by atoms with van der Waals surface area (Å²) >= 11 is 0. The third kappa shape index (κ3) is 5.16. The SMILES string of the molecule is CCOC(=O)N1CCN(C(=O)c2cn(Cc3ccccc3)nc2-c2ccc(OC)cc2)CC1. The van der Waals surface area contributed by atoms with E-state index in [1.54, 1.807) is 28.5 Å². The lowest BCUT2D eigenvalue weighted by Gasteiger charge is -2.34. The average molecular weight is 449 g/mol. The Balaban J connectivity index is 1.58. The molecule has 0 N–H and O–H groups in total. The van der Waals surface area contributed by atoms with Crippen LogP contribution in [0.2, 0.25) is 0 Å². The van der Waals surface area contributed by atoms with Gasteiger partial charge in [-0.05, 0) is 36.8 Å². The second-order valence-electron chi connectivity index (χ2n) is 7.78. The van der Waals surface area contributed by atoms with Crippen molar-refractivity contribution >= 4 is 12.0 Å². The molecule has 2 aromatic carbocycles. The van der Waals surface area contributed by atoms with E-state index in [1.165, 1.54) is 0 Å². The first-order valence-corrected chi connectivity index (χ1v) is 11.1. The van der Waals surface area contributed by atoms with Crippen LogP contribution in [0.25, 0.3) is 11.3 Å². The highest BCUT2D eigenvalue weighted by Crippen LogP contribution is 2.26. The van der Waals surface area contributed by atoms with Crippen molar-refractivity contribution in [1.82, 2.24) is 19.6 Å². The van der Waals surface area contributed by atoms with Crippen LogP contribution in [0, 0.1) is 0 Å². The molecule has 1 saturated heterocycles. The summed E-state index contributed by atoms with van der Waals surface area (Å²) in [7, 11) is 1.62. The van der Waals surface area contributed by atoms with E-state index < -0.39 is 0 Å². The molecule has 1 aliphatic heterocycles. The summed E-state index contributed by atoms with van der Waals surface area (Å²) in [5.74, 6) is 0.647. The molecular formula is C25H28N4O4. The van der Waals surface area contributed by atoms with Crippen LogP contribution in [-0.4, -0.2) is 71.5 Å². The number of piperazine rings is 1. The van der Waals surface area contributed by atoms with E-state index in [4.69, 9.17) is 14.6 Å². The van der Waals surface area contributed by atoms with E-state index in [0.29, 0.717) is 50.6 Å². The number of benzene rings is 2. The molecule has 1 aliphatic rings. The molecule has 1 aromatic heterocycles. The Kier molecular flexibility index (Phi) is 6.92. The molecule has 0 unspecified atom stereocenters. The molecule has 33 heavy (non-hydrogen) atoms. The zero-order chi connectivity index (χ0) is 23.2. The van der Waals surface area contributed by atoms with Gasteiger partial charge in [-0.1, -0.05) is 30.3 Å². The van der Waals surface area contributed by atoms with Crippen molar-refractivity contribution in [1.29, 1.82) is 0 Å². The molecule has 8 nitrogen and oxygen atoms in total. The standard InChI is InChI=1S/C25H28N4O4/c1-3-33-25(31)28-15-13-27(14-16-28)24(30)22-18-29(17-19-7-5-4-6-8-19)26-23(22)20-9-11-21(32-2)12-10-20/h4-12,18H,3,13-17H2,1-2H3. The summed E-state index contributed by atoms with van der Waals surface area (Å²) in [4.78, 5) is 28.9. The van der Waals surface area contributed by atoms with Gasteiger partial charge in [0, 0.05) is 37.9 Å². The minimum atomic E-state index is -0.334. The molecule has 0 saturated carbocycles. The number of ether oxygens (including phenoxy) is 2. The van der Waals surface area contributed by atoms with Crippen molar-refractivity contribution in [3.63, 3.8) is 0 Å². The molecule has 4 rings (SSSR count). The average Bonchev–Trinajstić information content (AvgIpc) is 3.28. The molecular weight excluding hydrogens is 420 g/mol. The van der Waals surface area contributed by atoms with Crippen molar-refractivity contribution in [2.24, 2.45) is 0 Å². The third-order valence-corrected chi connectivity index (χ3v) is 5.64. The number of methoxy groups -OCH3 is 1. The van der Waals surface area contributed by atoms with Gasteiger partial charge in [-0.3, -0.25) is 9.48 Å². The summed E-state index contributed by atoms with van der Waals surface area (Å²) < 4.78 is 12.1. The minimum Gasteiger partial charge on any atom is -0.497 e. The predicted molar refractivity (Wildman–Crippen MR) is 124 cm³/mol. The maximum atomic E-state index is 13.5. The number of carbonyl (C=O) groups is 2. The quantitative estimate of drug-likeness (QED) is 0.577. The van der Waals surface area contributed by atoms with Crippen LogP contribution >= 0.6 is 0 Å². The van der Waals surface area contributed by atoms with Gasteiger partial charge in [0.25, 0.3) is 5.91 Å². The van der Waals surface area contributed by atoms with Gasteiger partial charge < -0.3 is 19.3 Å². The summed E-state index contributed by atoms with van der Waals surface area (Å²) in [6.07, 6.45) is 1.48. The number of carbonyl (C=O) groups excluding carboxylic acids is 2. The van der Waals surface area contributed by atoms with Gasteiger partial charge >= 0.3 is 6.09 Å². The summed E-state index contributed by atoms with van der Waals surface area (Å²) in [6.45, 7) is 4.47. The second-order valence-corrected chi connectivity index (χ2v) is 7.78. The molecule has 2 amide bonds. The number of nitrogens with zero attached hydrogens (tertiary/aromatic N) is 4. The first kappa shape index (κ1) is 22.4. The van der Waals surface area contributed by atoms with Gasteiger partial charge in [0.2, 0.25) is 0 Å². The van der Waals surface area contributed by atoms with E-state index in [2.05, 4.69) is 0 Å². The minimum absolute atomic E-state index is 0.0939. The monoisotopic (exact) mass is 448 g/mol. The molecule has 2 heterocycles. The van der Waals surface area contributed by atoms with Crippen LogP contribution in [0.3, 0.4) is 0 Å². The molecule has 0 atom stereocenters. The lowest BCUT2D eigenvalue weighted by molar-refractivity contribution is 0.0571. The molecule has 1 fully saturated rings. The fourth-order valence-corrected chi connectivity index (χ4v) is 3.87. The molecule has 3 aromatic rings. The normalized spacial score (nSPS) is 13.6. The van der Waals surface area contributed by atoms with Crippen molar-refractivity contribution in [3.8, 4) is 17.0 Å². The van der Waals surface area contributed by atoms with Crippen LogP contribution in [-0.2, 0) is 11.3 Å². The molecule has 172 valence electrons. The predicted octanol–water partition coefficient (Wildman–Crippen LogP) is 3.52. The van der Waals surface area contributed by atoms with E-state index in [-0.39, 0.29) is 12.0 Å². The zero-order valence-corrected chi connectivity index (χ0v) is 18.9. The van der Waals surface area contributed by atoms with E-state index in [9.17, 15) is 9.59 Å². The highest BCUT2D eigenvalue weighted by Gasteiger charge is 2.28. The Morgan fingerprint density at radius 2 is 1.61 bits per heavy atom. The maximum Gasteiger partial charge on any atom is 0.409 e. The van der Waals surface area contributed by atoms with Gasteiger partial charge in [0.1, 0.15) is 11.4 Å². The number of aromatic nitrogens is 2. The van der Waals surface area contributed by atoms with Gasteiger partial charge in [-0.15, -0.1) is 0 Å². The Labute approximate surface area is 193 Å². The Morgan fingerprint density at radius 1 is 0.939 bits per heavy atom. The van der Waals surface area contributed by atoms with Crippen LogP contribution in [0.1, 0.15) is 22.8 Å². The van der Waals surface area contributed by atoms with Crippen LogP contribution in [0.5, 0.6) is 5.75 Å². The Bertz CT molecular complexity index is 1090. The van der Waals surface area contributed by atoms with Crippen molar-refractivity contribution in [3.05, 3.63) is 71.9 Å². The van der Waals surface area contributed by atoms with Crippen molar-refractivity contribution < 1.29 is 19.1 Å². The molecule has 0 aliphatic carbocycles. The largest absolute Gasteiger partial charge is 0.497 e. The molecule has 0 bridgehead atoms. The first-order valence-electron chi connectivity index (χ1n) is 11.1. The number of rotatable bonds is 6. The smallest absolute Gasteiger partial charge is 0.409 e. The molecule has 8 heteroatoms. The maximum absolute atomic E-state index is 13.5. The van der Waals surface area contributed by atoms with Crippen LogP contribution in [0.4, 0.5) is 4.79 Å². The highest BCUT2D eigenvalue weighted by molar-refractivity contribution is 6.00. The zero-order valence-electron chi connectivity index (χ0n) is 18.9. The topological polar surface area (TPSA) is 76.9 Å². The van der Waals surface area contributed by atoms with Crippen molar-refractivity contribution in [2.75, 3.05) is 39.9 Å². The fraction of sp³-hybridized carbons (Fsp3) is 0.320. The van der Waals surface area contributed by atoms with E-state index in [0.717, 1.165) is 16.9 Å². The third-order valence-electron chi connectivity index (χ3n) is 5.64. The van der Waals surface area contributed by atoms with E-state index in [1.807, 2.05) is 60.8 Å². The molecule has 0 radical (unpaired) electrons. The Morgan fingerprint density at radius 3 is 2.24 bits per heavy atom. The van der Waals surface area contributed by atoms with E-state index >= 15 is 0 Å².